The fourth-order valence-electron chi connectivity index (χ4n) is 11.7. The van der Waals surface area contributed by atoms with Gasteiger partial charge in [-0.2, -0.15) is 0 Å². The molecular weight excluding hydrogens is 1260 g/mol. The third kappa shape index (κ3) is 69.2. The number of phosphoric ester groups is 2. The van der Waals surface area contributed by atoms with Gasteiger partial charge in [-0.25, -0.2) is 9.13 Å². The number of carbonyl (C=O) groups is 4. The van der Waals surface area contributed by atoms with Crippen LogP contribution in [0.1, 0.15) is 389 Å². The molecule has 96 heavy (non-hydrogen) atoms. The highest BCUT2D eigenvalue weighted by atomic mass is 31.2. The van der Waals surface area contributed by atoms with Crippen molar-refractivity contribution < 1.29 is 80.2 Å². The van der Waals surface area contributed by atoms with Crippen molar-refractivity contribution in [1.29, 1.82) is 0 Å². The second kappa shape index (κ2) is 66.3. The zero-order chi connectivity index (χ0) is 71.0. The summed E-state index contributed by atoms with van der Waals surface area (Å²) >= 11 is 0. The highest BCUT2D eigenvalue weighted by molar-refractivity contribution is 7.47. The van der Waals surface area contributed by atoms with E-state index in [9.17, 15) is 43.2 Å². The summed E-state index contributed by atoms with van der Waals surface area (Å²) in [5.74, 6) is 0.979. The summed E-state index contributed by atoms with van der Waals surface area (Å²) in [7, 11) is -9.92. The highest BCUT2D eigenvalue weighted by Gasteiger charge is 2.30. The van der Waals surface area contributed by atoms with E-state index in [0.717, 1.165) is 114 Å². The van der Waals surface area contributed by atoms with Crippen LogP contribution >= 0.6 is 15.6 Å². The van der Waals surface area contributed by atoms with Crippen molar-refractivity contribution in [2.24, 2.45) is 23.7 Å². The van der Waals surface area contributed by atoms with Crippen LogP contribution in [-0.4, -0.2) is 96.7 Å². The quantitative estimate of drug-likeness (QED) is 0.0222. The molecule has 17 nitrogen and oxygen atoms in total. The van der Waals surface area contributed by atoms with Crippen LogP contribution in [-0.2, 0) is 65.4 Å². The maximum atomic E-state index is 13.1. The van der Waals surface area contributed by atoms with Crippen LogP contribution < -0.4 is 0 Å². The Morgan fingerprint density at radius 2 is 0.500 bits per heavy atom. The van der Waals surface area contributed by atoms with E-state index in [1.165, 1.54) is 193 Å². The van der Waals surface area contributed by atoms with Crippen molar-refractivity contribution in [3.05, 3.63) is 0 Å². The molecule has 0 aliphatic carbocycles. The zero-order valence-electron chi connectivity index (χ0n) is 63.0. The van der Waals surface area contributed by atoms with Gasteiger partial charge in [0.2, 0.25) is 0 Å². The first-order valence-corrected chi connectivity index (χ1v) is 42.7. The lowest BCUT2D eigenvalue weighted by molar-refractivity contribution is -0.161. The fraction of sp³-hybridized carbons (Fsp3) is 0.948. The summed E-state index contributed by atoms with van der Waals surface area (Å²) in [6, 6.07) is 0. The van der Waals surface area contributed by atoms with Crippen LogP contribution in [0.3, 0.4) is 0 Å². The summed E-state index contributed by atoms with van der Waals surface area (Å²) in [5, 5.41) is 10.6. The van der Waals surface area contributed by atoms with E-state index in [4.69, 9.17) is 37.0 Å². The van der Waals surface area contributed by atoms with E-state index >= 15 is 0 Å². The maximum Gasteiger partial charge on any atom is 0.472 e. The van der Waals surface area contributed by atoms with Crippen molar-refractivity contribution in [3.63, 3.8) is 0 Å². The first-order chi connectivity index (χ1) is 46.1. The van der Waals surface area contributed by atoms with E-state index in [-0.39, 0.29) is 25.7 Å². The maximum absolute atomic E-state index is 13.1. The summed E-state index contributed by atoms with van der Waals surface area (Å²) in [6.45, 7) is 14.2. The van der Waals surface area contributed by atoms with Crippen LogP contribution in [0.2, 0.25) is 0 Å². The van der Waals surface area contributed by atoms with Gasteiger partial charge in [-0.1, -0.05) is 338 Å². The van der Waals surface area contributed by atoms with E-state index in [1.807, 2.05) is 0 Å². The molecule has 0 saturated heterocycles. The van der Waals surface area contributed by atoms with Gasteiger partial charge in [-0.15, -0.1) is 0 Å². The molecule has 6 atom stereocenters. The SMILES string of the molecule is CCC(C)CCCCCCCCCCC(=O)OC[C@H](COP(=O)(O)OC[C@H](O)COP(=O)(O)OC[C@@H](COC(=O)CCCCCCCCCCCCCCC(C)C)OC(=O)CCCCCCCCCCCCCCCC(C)C)OC(=O)CCCCCCCCCCCCC(C)C. The molecule has 3 N–H and O–H groups in total. The van der Waals surface area contributed by atoms with E-state index in [2.05, 4.69) is 55.4 Å². The average molecular weight is 1410 g/mol. The normalized spacial score (nSPS) is 14.4. The molecule has 19 heteroatoms. The number of hydrogen-bond acceptors (Lipinski definition) is 15. The molecule has 570 valence electrons. The molecule has 0 radical (unpaired) electrons. The lowest BCUT2D eigenvalue weighted by atomic mass is 9.99. The van der Waals surface area contributed by atoms with E-state index in [1.54, 1.807) is 0 Å². The fourth-order valence-corrected chi connectivity index (χ4v) is 13.3. The summed E-state index contributed by atoms with van der Waals surface area (Å²) in [4.78, 5) is 72.9. The predicted octanol–water partition coefficient (Wildman–Crippen LogP) is 22.4. The number of unbranched alkanes of at least 4 members (excludes halogenated alkanes) is 39. The number of carbonyl (C=O) groups excluding carboxylic acids is 4. The Bertz CT molecular complexity index is 1890. The van der Waals surface area contributed by atoms with Crippen LogP contribution in [0.5, 0.6) is 0 Å². The molecule has 0 aromatic rings. The minimum absolute atomic E-state index is 0.105. The second-order valence-electron chi connectivity index (χ2n) is 29.4. The lowest BCUT2D eigenvalue weighted by Gasteiger charge is -2.21. The minimum atomic E-state index is -4.96. The first-order valence-electron chi connectivity index (χ1n) is 39.7. The Kier molecular flexibility index (Phi) is 65.0. The summed E-state index contributed by atoms with van der Waals surface area (Å²) in [6.07, 6.45) is 51.2. The number of esters is 4. The topological polar surface area (TPSA) is 237 Å². The molecule has 0 bridgehead atoms. The predicted molar refractivity (Wildman–Crippen MR) is 391 cm³/mol. The Morgan fingerprint density at radius 1 is 0.292 bits per heavy atom. The first kappa shape index (κ1) is 94.1. The number of rotatable bonds is 74. The number of ether oxygens (including phenoxy) is 4. The smallest absolute Gasteiger partial charge is 0.462 e. The highest BCUT2D eigenvalue weighted by Crippen LogP contribution is 2.45. The summed E-state index contributed by atoms with van der Waals surface area (Å²) in [5.41, 5.74) is 0. The van der Waals surface area contributed by atoms with Crippen molar-refractivity contribution in [2.75, 3.05) is 39.6 Å². The van der Waals surface area contributed by atoms with Gasteiger partial charge in [0.1, 0.15) is 19.3 Å². The molecule has 0 aromatic carbocycles. The third-order valence-corrected chi connectivity index (χ3v) is 20.1. The van der Waals surface area contributed by atoms with Crippen LogP contribution in [0, 0.1) is 23.7 Å². The number of hydrogen-bond donors (Lipinski definition) is 3. The van der Waals surface area contributed by atoms with Gasteiger partial charge < -0.3 is 33.8 Å². The largest absolute Gasteiger partial charge is 0.472 e. The molecule has 0 spiro atoms. The molecule has 3 unspecified atom stereocenters. The van der Waals surface area contributed by atoms with Gasteiger partial charge in [-0.05, 0) is 49.4 Å². The van der Waals surface area contributed by atoms with Crippen LogP contribution in [0.4, 0.5) is 0 Å². The van der Waals surface area contributed by atoms with Gasteiger partial charge in [0.25, 0.3) is 0 Å². The molecule has 0 saturated carbocycles. The number of phosphoric acid groups is 2. The van der Waals surface area contributed by atoms with Crippen LogP contribution in [0.25, 0.3) is 0 Å². The Hall–Kier alpha value is -1.94. The molecule has 0 aliphatic rings. The van der Waals surface area contributed by atoms with Gasteiger partial charge in [0.05, 0.1) is 26.4 Å². The van der Waals surface area contributed by atoms with Gasteiger partial charge in [0.15, 0.2) is 12.2 Å². The molecule has 0 aromatic heterocycles. The summed E-state index contributed by atoms with van der Waals surface area (Å²) < 4.78 is 68.6. The number of aliphatic hydroxyl groups excluding tert-OH is 1. The number of aliphatic hydroxyl groups is 1. The van der Waals surface area contributed by atoms with Crippen LogP contribution in [0.15, 0.2) is 0 Å². The Labute approximate surface area is 588 Å². The van der Waals surface area contributed by atoms with Gasteiger partial charge in [0, 0.05) is 25.7 Å². The molecule has 0 fully saturated rings. The minimum Gasteiger partial charge on any atom is -0.462 e. The van der Waals surface area contributed by atoms with Crippen molar-refractivity contribution in [1.82, 2.24) is 0 Å². The van der Waals surface area contributed by atoms with E-state index < -0.39 is 97.5 Å². The second-order valence-corrected chi connectivity index (χ2v) is 32.3. The molecule has 0 aliphatic heterocycles. The molecule has 0 heterocycles. The Morgan fingerprint density at radius 3 is 0.740 bits per heavy atom. The van der Waals surface area contributed by atoms with Crippen molar-refractivity contribution in [2.45, 2.75) is 408 Å². The standard InChI is InChI=1S/C77H150O17P2/c1-9-70(8)56-48-40-32-27-28-34-42-50-58-75(80)88-64-73(94-77(82)60-52-44-36-26-20-19-23-31-39-47-55-69(6)7)66-92-96(85,86)90-62-71(78)61-89-95(83,84)91-65-72(63-87-74(79)57-49-41-33-24-17-14-13-16-22-30-38-46-54-68(4)5)93-76(81)59-51-43-35-25-18-12-10-11-15-21-29-37-45-53-67(2)3/h67-73,78H,9-66H2,1-8H3,(H,83,84)(H,85,86)/t70?,71-,72-,73-/m1/s1. The van der Waals surface area contributed by atoms with Crippen molar-refractivity contribution in [3.8, 4) is 0 Å². The van der Waals surface area contributed by atoms with Gasteiger partial charge in [-0.3, -0.25) is 37.3 Å². The third-order valence-electron chi connectivity index (χ3n) is 18.2. The molecule has 0 amide bonds. The van der Waals surface area contributed by atoms with Crippen molar-refractivity contribution >= 4 is 39.5 Å². The molecule has 0 rings (SSSR count). The van der Waals surface area contributed by atoms with E-state index in [0.29, 0.717) is 25.7 Å². The monoisotopic (exact) mass is 1410 g/mol. The Balaban J connectivity index is 5.28. The zero-order valence-corrected chi connectivity index (χ0v) is 64.8. The lowest BCUT2D eigenvalue weighted by Crippen LogP contribution is -2.30. The average Bonchev–Trinajstić information content (AvgIpc) is 1.12. The molecular formula is C77H150O17P2. The van der Waals surface area contributed by atoms with Gasteiger partial charge >= 0.3 is 39.5 Å².